The van der Waals surface area contributed by atoms with Crippen LogP contribution in [0, 0.1) is 0 Å². The third-order valence-corrected chi connectivity index (χ3v) is 4.54. The van der Waals surface area contributed by atoms with Crippen LogP contribution in [0.5, 0.6) is 0 Å². The highest BCUT2D eigenvalue weighted by molar-refractivity contribution is 6.43. The average molecular weight is 376 g/mol. The molecule has 0 aliphatic carbocycles. The van der Waals surface area contributed by atoms with Gasteiger partial charge in [-0.2, -0.15) is 13.2 Å². The number of nitrogens with two attached hydrogens (primary N) is 2. The van der Waals surface area contributed by atoms with Gasteiger partial charge in [-0.05, 0) is 17.7 Å². The van der Waals surface area contributed by atoms with Crippen LogP contribution in [0.3, 0.4) is 0 Å². The number of alkyl halides is 3. The van der Waals surface area contributed by atoms with Gasteiger partial charge in [0.15, 0.2) is 12.0 Å². The molecule has 0 fully saturated rings. The molecule has 3 unspecified atom stereocenters. The number of hydrogen-bond acceptors (Lipinski definition) is 4. The molecule has 3 atom stereocenters. The summed E-state index contributed by atoms with van der Waals surface area (Å²) in [7, 11) is 1.45. The van der Waals surface area contributed by atoms with Crippen molar-refractivity contribution in [2.45, 2.75) is 24.3 Å². The molecular weight excluding hydrogens is 364 g/mol. The first-order chi connectivity index (χ1) is 10.0. The van der Waals surface area contributed by atoms with Crippen LogP contribution in [0.2, 0.25) is 15.1 Å². The standard InChI is InChI=1S/C12H12Cl3F3N4/c1-22-10(19)7(9(12(16,17)18)21-11(22)20)5-2-4(13)3-6(14)8(5)15/h2-3,7,9-10H,19H2,1H3,(H2,20,21). The summed E-state index contributed by atoms with van der Waals surface area (Å²) in [5, 5.41) is 0.162. The SMILES string of the molecule is CN1C(N)=NC(C(F)(F)F)C(c2cc(Cl)cc(Cl)c2Cl)C1N. The lowest BCUT2D eigenvalue weighted by atomic mass is 9.87. The third kappa shape index (κ3) is 3.08. The Balaban J connectivity index is 2.64. The third-order valence-electron chi connectivity index (χ3n) is 3.50. The number of halogens is 6. The maximum atomic E-state index is 13.3. The highest BCUT2D eigenvalue weighted by Crippen LogP contribution is 2.43. The average Bonchev–Trinajstić information content (AvgIpc) is 2.39. The second-order valence-electron chi connectivity index (χ2n) is 4.89. The van der Waals surface area contributed by atoms with E-state index in [4.69, 9.17) is 46.3 Å². The van der Waals surface area contributed by atoms with Crippen molar-refractivity contribution in [1.82, 2.24) is 4.90 Å². The second-order valence-corrected chi connectivity index (χ2v) is 6.11. The Morgan fingerprint density at radius 3 is 2.36 bits per heavy atom. The largest absolute Gasteiger partial charge is 0.411 e. The van der Waals surface area contributed by atoms with E-state index in [-0.39, 0.29) is 26.6 Å². The van der Waals surface area contributed by atoms with Gasteiger partial charge in [-0.3, -0.25) is 0 Å². The summed E-state index contributed by atoms with van der Waals surface area (Å²) in [5.74, 6) is -1.59. The molecule has 10 heteroatoms. The molecule has 1 aliphatic rings. The van der Waals surface area contributed by atoms with Crippen molar-refractivity contribution in [3.05, 3.63) is 32.8 Å². The fraction of sp³-hybridized carbons (Fsp3) is 0.417. The summed E-state index contributed by atoms with van der Waals surface area (Å²) in [5.41, 5.74) is 11.5. The van der Waals surface area contributed by atoms with Gasteiger partial charge in [0.25, 0.3) is 0 Å². The van der Waals surface area contributed by atoms with E-state index in [1.165, 1.54) is 24.1 Å². The Hall–Kier alpha value is -0.890. The molecule has 2 rings (SSSR count). The van der Waals surface area contributed by atoms with Crippen LogP contribution in [0.15, 0.2) is 17.1 Å². The molecule has 0 amide bonds. The van der Waals surface area contributed by atoms with Crippen LogP contribution in [0.1, 0.15) is 11.5 Å². The smallest absolute Gasteiger partial charge is 0.370 e. The fourth-order valence-electron chi connectivity index (χ4n) is 2.34. The van der Waals surface area contributed by atoms with Crippen LogP contribution in [0.25, 0.3) is 0 Å². The Labute approximate surface area is 139 Å². The van der Waals surface area contributed by atoms with E-state index in [9.17, 15) is 13.2 Å². The molecule has 0 radical (unpaired) electrons. The molecule has 1 aliphatic heterocycles. The first-order valence-corrected chi connectivity index (χ1v) is 7.20. The zero-order valence-electron chi connectivity index (χ0n) is 11.2. The maximum absolute atomic E-state index is 13.3. The number of likely N-dealkylation sites (N-methyl/N-ethyl adjacent to an activating group) is 1. The van der Waals surface area contributed by atoms with E-state index in [1.807, 2.05) is 0 Å². The van der Waals surface area contributed by atoms with Crippen molar-refractivity contribution in [1.29, 1.82) is 0 Å². The Kier molecular flexibility index (Phi) is 4.73. The highest BCUT2D eigenvalue weighted by atomic mass is 35.5. The summed E-state index contributed by atoms with van der Waals surface area (Å²) in [6.45, 7) is 0. The Morgan fingerprint density at radius 2 is 1.82 bits per heavy atom. The van der Waals surface area contributed by atoms with Crippen LogP contribution in [0.4, 0.5) is 13.2 Å². The minimum absolute atomic E-state index is 0.0372. The molecule has 1 aromatic carbocycles. The van der Waals surface area contributed by atoms with Gasteiger partial charge in [-0.25, -0.2) is 4.99 Å². The summed E-state index contributed by atoms with van der Waals surface area (Å²) in [6, 6.07) is 0.516. The van der Waals surface area contributed by atoms with E-state index in [2.05, 4.69) is 4.99 Å². The molecule has 4 N–H and O–H groups in total. The van der Waals surface area contributed by atoms with Gasteiger partial charge >= 0.3 is 6.18 Å². The first kappa shape index (κ1) is 17.5. The Bertz CT molecular complexity index is 620. The summed E-state index contributed by atoms with van der Waals surface area (Å²) >= 11 is 17.8. The van der Waals surface area contributed by atoms with Gasteiger partial charge in [0.1, 0.15) is 0 Å². The molecule has 4 nitrogen and oxygen atoms in total. The topological polar surface area (TPSA) is 67.6 Å². The molecule has 1 aromatic rings. The van der Waals surface area contributed by atoms with Crippen LogP contribution < -0.4 is 11.5 Å². The lowest BCUT2D eigenvalue weighted by molar-refractivity contribution is -0.157. The highest BCUT2D eigenvalue weighted by Gasteiger charge is 2.51. The minimum Gasteiger partial charge on any atom is -0.370 e. The van der Waals surface area contributed by atoms with E-state index in [1.54, 1.807) is 0 Å². The monoisotopic (exact) mass is 374 g/mol. The van der Waals surface area contributed by atoms with Crippen LogP contribution >= 0.6 is 34.8 Å². The number of guanidine groups is 1. The van der Waals surface area contributed by atoms with E-state index >= 15 is 0 Å². The molecule has 1 heterocycles. The number of nitrogens with zero attached hydrogens (tertiary/aromatic N) is 2. The number of rotatable bonds is 1. The maximum Gasteiger partial charge on any atom is 0.411 e. The molecule has 122 valence electrons. The van der Waals surface area contributed by atoms with Crippen molar-refractivity contribution in [3.8, 4) is 0 Å². The number of hydrogen-bond donors (Lipinski definition) is 2. The number of aliphatic imine (C=N–C) groups is 1. The minimum atomic E-state index is -4.65. The van der Waals surface area contributed by atoms with Gasteiger partial charge in [-0.1, -0.05) is 34.8 Å². The zero-order valence-corrected chi connectivity index (χ0v) is 13.5. The van der Waals surface area contributed by atoms with Crippen LogP contribution in [-0.4, -0.2) is 36.3 Å². The lowest BCUT2D eigenvalue weighted by Crippen LogP contribution is -2.59. The normalized spacial score (nSPS) is 26.1. The molecular formula is C12H12Cl3F3N4. The van der Waals surface area contributed by atoms with E-state index in [0.717, 1.165) is 0 Å². The Morgan fingerprint density at radius 1 is 1.23 bits per heavy atom. The molecule has 22 heavy (non-hydrogen) atoms. The molecule has 0 saturated carbocycles. The number of benzene rings is 1. The van der Waals surface area contributed by atoms with E-state index in [0.29, 0.717) is 0 Å². The van der Waals surface area contributed by atoms with Crippen molar-refractivity contribution in [3.63, 3.8) is 0 Å². The molecule has 0 spiro atoms. The first-order valence-electron chi connectivity index (χ1n) is 6.07. The zero-order chi connectivity index (χ0) is 16.8. The molecule has 0 aromatic heterocycles. The van der Waals surface area contributed by atoms with Crippen molar-refractivity contribution < 1.29 is 13.2 Å². The summed E-state index contributed by atoms with van der Waals surface area (Å²) in [4.78, 5) is 4.76. The second kappa shape index (κ2) is 5.96. The van der Waals surface area contributed by atoms with Gasteiger partial charge in [0, 0.05) is 12.1 Å². The molecule has 0 bridgehead atoms. The van der Waals surface area contributed by atoms with Gasteiger partial charge in [-0.15, -0.1) is 0 Å². The van der Waals surface area contributed by atoms with Gasteiger partial charge < -0.3 is 16.4 Å². The van der Waals surface area contributed by atoms with Gasteiger partial charge in [0.05, 0.1) is 22.1 Å². The van der Waals surface area contributed by atoms with Crippen molar-refractivity contribution >= 4 is 40.8 Å². The lowest BCUT2D eigenvalue weighted by Gasteiger charge is -2.41. The van der Waals surface area contributed by atoms with Crippen molar-refractivity contribution in [2.24, 2.45) is 16.5 Å². The van der Waals surface area contributed by atoms with Gasteiger partial charge in [0.2, 0.25) is 0 Å². The predicted octanol–water partition coefficient (Wildman–Crippen LogP) is 3.21. The predicted molar refractivity (Wildman–Crippen MR) is 81.4 cm³/mol. The van der Waals surface area contributed by atoms with Crippen molar-refractivity contribution in [2.75, 3.05) is 7.05 Å². The fourth-order valence-corrected chi connectivity index (χ4v) is 3.09. The quantitative estimate of drug-likeness (QED) is 0.741. The van der Waals surface area contributed by atoms with E-state index < -0.39 is 24.3 Å². The summed E-state index contributed by atoms with van der Waals surface area (Å²) < 4.78 is 40.0. The summed E-state index contributed by atoms with van der Waals surface area (Å²) in [6.07, 6.45) is -5.73. The van der Waals surface area contributed by atoms with Crippen LogP contribution in [-0.2, 0) is 0 Å². The molecule has 0 saturated heterocycles.